The Kier molecular flexibility index (Phi) is 13.9. The van der Waals surface area contributed by atoms with Gasteiger partial charge in [0.1, 0.15) is 24.2 Å². The van der Waals surface area contributed by atoms with Crippen molar-refractivity contribution in [3.63, 3.8) is 0 Å². The number of ether oxygens (including phenoxy) is 2. The summed E-state index contributed by atoms with van der Waals surface area (Å²) < 4.78 is 12.6. The van der Waals surface area contributed by atoms with Gasteiger partial charge in [0.25, 0.3) is 5.91 Å². The van der Waals surface area contributed by atoms with E-state index in [2.05, 4.69) is 49.6 Å². The van der Waals surface area contributed by atoms with Crippen LogP contribution in [0.4, 0.5) is 5.69 Å². The van der Waals surface area contributed by atoms with Gasteiger partial charge in [-0.3, -0.25) is 19.9 Å². The first-order valence-corrected chi connectivity index (χ1v) is 22.4. The number of methoxy groups -OCH3 is 1. The van der Waals surface area contributed by atoms with Gasteiger partial charge in [-0.2, -0.15) is 5.06 Å². The smallest absolute Gasteiger partial charge is 0.251 e. The summed E-state index contributed by atoms with van der Waals surface area (Å²) in [6.45, 7) is 9.47. The molecule has 2 aliphatic heterocycles. The second kappa shape index (κ2) is 18.8. The molecule has 13 heteroatoms. The number of hydrogen-bond acceptors (Lipinski definition) is 10. The molecule has 1 amide bonds. The average molecular weight is 854 g/mol. The number of nitrogens with zero attached hydrogens (tertiary/aromatic N) is 5. The number of aliphatic hydroxyl groups excluding tert-OH is 2. The maximum absolute atomic E-state index is 14.3. The fourth-order valence-corrected chi connectivity index (χ4v) is 10.8. The third-order valence-corrected chi connectivity index (χ3v) is 14.3. The van der Waals surface area contributed by atoms with E-state index in [9.17, 15) is 15.0 Å². The number of amides is 1. The maximum atomic E-state index is 14.3. The third kappa shape index (κ3) is 9.49. The molecule has 0 aromatic heterocycles. The molecule has 3 aromatic rings. The van der Waals surface area contributed by atoms with Crippen molar-refractivity contribution < 1.29 is 29.3 Å². The highest BCUT2D eigenvalue weighted by molar-refractivity contribution is 5.97. The number of aliphatic hydroxyl groups is 2. The van der Waals surface area contributed by atoms with Crippen LogP contribution in [-0.2, 0) is 22.5 Å². The molecule has 3 saturated carbocycles. The number of fused-ring (bicyclic) bond motifs is 2. The zero-order valence-corrected chi connectivity index (χ0v) is 38.7. The molecule has 11 atom stereocenters. The molecule has 8 rings (SSSR count). The zero-order chi connectivity index (χ0) is 44.6. The van der Waals surface area contributed by atoms with Gasteiger partial charge in [-0.05, 0) is 78.7 Å². The average Bonchev–Trinajstić information content (AvgIpc) is 3.89. The van der Waals surface area contributed by atoms with Crippen molar-refractivity contribution in [2.45, 2.75) is 96.2 Å². The lowest BCUT2D eigenvalue weighted by molar-refractivity contribution is -0.180. The summed E-state index contributed by atoms with van der Waals surface area (Å²) in [4.78, 5) is 31.7. The van der Waals surface area contributed by atoms with Crippen LogP contribution in [0.2, 0.25) is 0 Å². The van der Waals surface area contributed by atoms with E-state index in [0.717, 1.165) is 46.2 Å². The first-order valence-electron chi connectivity index (χ1n) is 22.4. The molecule has 3 aromatic carbocycles. The summed E-state index contributed by atoms with van der Waals surface area (Å²) in [6, 6.07) is 21.9. The Bertz CT molecular complexity index is 2030. The number of rotatable bonds is 16. The van der Waals surface area contributed by atoms with Gasteiger partial charge in [-0.25, -0.2) is 0 Å². The molecule has 2 heterocycles. The van der Waals surface area contributed by atoms with Crippen molar-refractivity contribution in [3.05, 3.63) is 83.4 Å². The van der Waals surface area contributed by atoms with E-state index < -0.39 is 12.2 Å². The van der Waals surface area contributed by atoms with Gasteiger partial charge in [0.2, 0.25) is 0 Å². The number of carbonyl (C=O) groups is 1. The lowest BCUT2D eigenvalue weighted by Crippen LogP contribution is -2.60. The molecule has 0 radical (unpaired) electrons. The van der Waals surface area contributed by atoms with E-state index in [1.807, 2.05) is 111 Å². The van der Waals surface area contributed by atoms with Crippen molar-refractivity contribution in [2.24, 2.45) is 34.1 Å². The van der Waals surface area contributed by atoms with Crippen molar-refractivity contribution >= 4 is 17.6 Å². The number of hydroxylamine groups is 2. The van der Waals surface area contributed by atoms with Crippen molar-refractivity contribution in [3.8, 4) is 16.9 Å². The number of aliphatic imine (C=N–C) groups is 1. The molecular weight excluding hydrogens is 783 g/mol. The van der Waals surface area contributed by atoms with Crippen LogP contribution in [0.1, 0.15) is 62.0 Å². The minimum atomic E-state index is -0.734. The van der Waals surface area contributed by atoms with Crippen molar-refractivity contribution in [2.75, 3.05) is 67.4 Å². The van der Waals surface area contributed by atoms with E-state index in [1.165, 1.54) is 6.42 Å². The number of guanidine groups is 1. The third-order valence-electron chi connectivity index (χ3n) is 14.3. The van der Waals surface area contributed by atoms with Gasteiger partial charge in [-0.1, -0.05) is 69.3 Å². The van der Waals surface area contributed by atoms with Gasteiger partial charge in [-0.15, -0.1) is 0 Å². The fourth-order valence-electron chi connectivity index (χ4n) is 10.8. The molecule has 13 nitrogen and oxygen atoms in total. The van der Waals surface area contributed by atoms with Gasteiger partial charge in [0.05, 0.1) is 45.0 Å². The molecule has 338 valence electrons. The fraction of sp³-hybridized carbons (Fsp3) is 0.592. The molecule has 5 fully saturated rings. The first kappa shape index (κ1) is 45.8. The van der Waals surface area contributed by atoms with Crippen molar-refractivity contribution in [1.29, 1.82) is 0 Å². The highest BCUT2D eigenvalue weighted by Gasteiger charge is 2.61. The highest BCUT2D eigenvalue weighted by Crippen LogP contribution is 2.61. The molecule has 62 heavy (non-hydrogen) atoms. The topological polar surface area (TPSA) is 138 Å². The quantitative estimate of drug-likeness (QED) is 0.0870. The number of nitrogens with one attached hydrogen (secondary N) is 2. The number of epoxide rings is 1. The minimum Gasteiger partial charge on any atom is -0.496 e. The molecule has 0 spiro atoms. The Labute approximate surface area is 369 Å². The first-order chi connectivity index (χ1) is 29.5. The van der Waals surface area contributed by atoms with E-state index in [0.29, 0.717) is 54.1 Å². The Morgan fingerprint density at radius 3 is 2.35 bits per heavy atom. The van der Waals surface area contributed by atoms with Gasteiger partial charge in [0, 0.05) is 76.6 Å². The molecular formula is C49H71N7O6. The monoisotopic (exact) mass is 854 g/mol. The predicted molar refractivity (Wildman–Crippen MR) is 245 cm³/mol. The number of anilines is 1. The van der Waals surface area contributed by atoms with Crippen LogP contribution < -0.4 is 20.3 Å². The second-order valence-corrected chi connectivity index (χ2v) is 19.4. The van der Waals surface area contributed by atoms with Gasteiger partial charge in [0.15, 0.2) is 5.96 Å². The highest BCUT2D eigenvalue weighted by atomic mass is 16.7. The number of benzene rings is 3. The summed E-state index contributed by atoms with van der Waals surface area (Å²) in [5.74, 6) is 2.88. The Hall–Kier alpha value is -4.24. The van der Waals surface area contributed by atoms with Crippen molar-refractivity contribution in [1.82, 2.24) is 25.5 Å². The number of carbonyl (C=O) groups excluding carboxylic acids is 1. The molecule has 2 unspecified atom stereocenters. The van der Waals surface area contributed by atoms with Crippen LogP contribution in [0.15, 0.2) is 71.7 Å². The summed E-state index contributed by atoms with van der Waals surface area (Å²) in [7, 11) is 13.4. The Balaban J connectivity index is 1.14. The van der Waals surface area contributed by atoms with E-state index in [-0.39, 0.29) is 42.8 Å². The zero-order valence-electron chi connectivity index (χ0n) is 38.7. The maximum Gasteiger partial charge on any atom is 0.251 e. The molecule has 5 aliphatic rings. The van der Waals surface area contributed by atoms with Crippen LogP contribution in [0, 0.1) is 29.1 Å². The van der Waals surface area contributed by atoms with Crippen LogP contribution >= 0.6 is 0 Å². The number of para-hydroxylation sites is 1. The molecule has 2 bridgehead atoms. The molecule has 2 saturated heterocycles. The lowest BCUT2D eigenvalue weighted by atomic mass is 9.45. The van der Waals surface area contributed by atoms with E-state index >= 15 is 0 Å². The van der Waals surface area contributed by atoms with Gasteiger partial charge < -0.3 is 39.7 Å². The van der Waals surface area contributed by atoms with Crippen LogP contribution in [-0.4, -0.2) is 142 Å². The minimum absolute atomic E-state index is 0.161. The molecule has 4 N–H and O–H groups in total. The molecule has 3 aliphatic carbocycles. The second-order valence-electron chi connectivity index (χ2n) is 19.4. The summed E-state index contributed by atoms with van der Waals surface area (Å²) >= 11 is 0. The summed E-state index contributed by atoms with van der Waals surface area (Å²) in [5, 5.41) is 30.7. The normalized spacial score (nSPS) is 28.3. The van der Waals surface area contributed by atoms with E-state index in [1.54, 1.807) is 14.0 Å². The standard InChI is InChI=1S/C49H71N7O6/c1-29-39-24-35(49(39,3)4)25-40(29)52-47-45(61-47)43-42(30(2)58)41(28-57)62-56(43)27-32-18-15-19-38(44(32)60-11)33-21-34(23-37(22-33)53(5)6)46(59)51-36(20-31-16-13-12-14-17-31)26-50-48(54(7)8)55(9)10/h12-19,21-23,29-30,35-36,39-43,45,47,52,57-58H,20,24-28H2,1-11H3,(H,51,59)/t29-,30-,35+,36+,39-,40-,41-,42+,43-,45?,47?/m0/s1. The SMILES string of the molecule is COc1c(CN2O[C@@H](CO)[C@@H]([C@H](C)O)[C@H]2C2OC2N[C@H]2C[C@H]3C[C@@H]([C@@H]2C)C3(C)C)cccc1-c1cc(C(=O)N[C@@H](CN=C(N(C)C)N(C)C)Cc2ccccc2)cc(N(C)C)c1. The predicted octanol–water partition coefficient (Wildman–Crippen LogP) is 5.11. The Morgan fingerprint density at radius 1 is 1.02 bits per heavy atom. The lowest BCUT2D eigenvalue weighted by Gasteiger charge is -2.62. The van der Waals surface area contributed by atoms with E-state index in [4.69, 9.17) is 19.3 Å². The summed E-state index contributed by atoms with van der Waals surface area (Å²) in [6.07, 6.45) is 1.37. The number of hydrogen-bond donors (Lipinski definition) is 4. The van der Waals surface area contributed by atoms with Gasteiger partial charge >= 0.3 is 0 Å². The largest absolute Gasteiger partial charge is 0.496 e. The van der Waals surface area contributed by atoms with Crippen LogP contribution in [0.25, 0.3) is 11.1 Å². The van der Waals surface area contributed by atoms with Crippen LogP contribution in [0.3, 0.4) is 0 Å². The summed E-state index contributed by atoms with van der Waals surface area (Å²) in [5.41, 5.74) is 5.41. The Morgan fingerprint density at radius 2 is 1.74 bits per heavy atom. The van der Waals surface area contributed by atoms with Crippen LogP contribution in [0.5, 0.6) is 5.75 Å².